The van der Waals surface area contributed by atoms with E-state index >= 15 is 0 Å². The summed E-state index contributed by atoms with van der Waals surface area (Å²) >= 11 is 0. The first-order chi connectivity index (χ1) is 12.2. The fourth-order valence-corrected chi connectivity index (χ4v) is 2.59. The van der Waals surface area contributed by atoms with Crippen LogP contribution in [0.4, 0.5) is 4.79 Å². The van der Waals surface area contributed by atoms with Gasteiger partial charge in [0.25, 0.3) is 11.8 Å². The Hall–Kier alpha value is -2.45. The summed E-state index contributed by atoms with van der Waals surface area (Å²) in [5, 5.41) is 1.73. The number of carbonyl (C=O) groups is 3. The van der Waals surface area contributed by atoms with E-state index in [1.54, 1.807) is 20.8 Å². The third kappa shape index (κ3) is 4.03. The molecule has 0 aliphatic carbocycles. The van der Waals surface area contributed by atoms with Gasteiger partial charge in [0.05, 0.1) is 37.6 Å². The Morgan fingerprint density at radius 2 is 1.58 bits per heavy atom. The van der Waals surface area contributed by atoms with Crippen molar-refractivity contribution in [2.24, 2.45) is 0 Å². The molecule has 0 bridgehead atoms. The highest BCUT2D eigenvalue weighted by Crippen LogP contribution is 2.27. The van der Waals surface area contributed by atoms with Gasteiger partial charge in [0, 0.05) is 0 Å². The van der Waals surface area contributed by atoms with Gasteiger partial charge in [0.15, 0.2) is 0 Å². The molecule has 0 saturated carbocycles. The van der Waals surface area contributed by atoms with Crippen molar-refractivity contribution in [3.8, 4) is 0 Å². The van der Waals surface area contributed by atoms with Crippen LogP contribution in [0.2, 0.25) is 0 Å². The normalized spacial score (nSPS) is 19.4. The van der Waals surface area contributed by atoms with Gasteiger partial charge < -0.3 is 14.2 Å². The van der Waals surface area contributed by atoms with Gasteiger partial charge in [-0.3, -0.25) is 9.59 Å². The number of ether oxygens (including phenoxy) is 3. The van der Waals surface area contributed by atoms with E-state index in [-0.39, 0.29) is 24.4 Å². The maximum atomic E-state index is 12.8. The van der Waals surface area contributed by atoms with Crippen LogP contribution < -0.4 is 0 Å². The van der Waals surface area contributed by atoms with Crippen molar-refractivity contribution in [3.05, 3.63) is 36.5 Å². The molecule has 3 amide bonds. The molecule has 1 saturated heterocycles. The Kier molecular flexibility index (Phi) is 5.99. The van der Waals surface area contributed by atoms with Crippen LogP contribution in [0.1, 0.15) is 20.8 Å². The fraction of sp³-hybridized carbons (Fsp3) is 0.500. The first-order valence-corrected chi connectivity index (χ1v) is 8.26. The molecule has 0 radical (unpaired) electrons. The van der Waals surface area contributed by atoms with Gasteiger partial charge in [-0.1, -0.05) is 25.3 Å². The Balaban J connectivity index is 2.42. The van der Waals surface area contributed by atoms with Crippen molar-refractivity contribution in [3.63, 3.8) is 0 Å². The minimum atomic E-state index is -0.841. The average molecular weight is 364 g/mol. The molecule has 0 atom stereocenters. The first-order valence-electron chi connectivity index (χ1n) is 8.26. The maximum absolute atomic E-state index is 12.8. The highest BCUT2D eigenvalue weighted by Gasteiger charge is 2.45. The lowest BCUT2D eigenvalue weighted by Crippen LogP contribution is -2.58. The smallest absolute Gasteiger partial charge is 0.430 e. The largest absolute Gasteiger partial charge is 0.442 e. The molecule has 8 nitrogen and oxygen atoms in total. The van der Waals surface area contributed by atoms with E-state index in [0.29, 0.717) is 13.2 Å². The number of amides is 3. The predicted octanol–water partition coefficient (Wildman–Crippen LogP) is 1.59. The minimum absolute atomic E-state index is 0.0778. The predicted molar refractivity (Wildman–Crippen MR) is 92.8 cm³/mol. The fourth-order valence-electron chi connectivity index (χ4n) is 2.59. The molecule has 2 rings (SSSR count). The summed E-state index contributed by atoms with van der Waals surface area (Å²) in [5.41, 5.74) is -0.660. The molecule has 0 aromatic carbocycles. The molecule has 0 N–H and O–H groups in total. The molecule has 142 valence electrons. The molecule has 2 aliphatic rings. The average Bonchev–Trinajstić information content (AvgIpc) is 2.74. The van der Waals surface area contributed by atoms with Crippen molar-refractivity contribution in [1.29, 1.82) is 0 Å². The van der Waals surface area contributed by atoms with E-state index < -0.39 is 29.6 Å². The van der Waals surface area contributed by atoms with Crippen molar-refractivity contribution in [2.45, 2.75) is 32.4 Å². The molecule has 2 heterocycles. The third-order valence-electron chi connectivity index (χ3n) is 3.68. The molecule has 0 unspecified atom stereocenters. The molecule has 26 heavy (non-hydrogen) atoms. The summed E-state index contributed by atoms with van der Waals surface area (Å²) < 4.78 is 16.3. The van der Waals surface area contributed by atoms with E-state index in [4.69, 9.17) is 14.2 Å². The molecule has 0 aromatic heterocycles. The van der Waals surface area contributed by atoms with E-state index in [2.05, 4.69) is 13.2 Å². The zero-order chi connectivity index (χ0) is 19.5. The van der Waals surface area contributed by atoms with Gasteiger partial charge in [0.1, 0.15) is 11.6 Å². The molecule has 8 heteroatoms. The summed E-state index contributed by atoms with van der Waals surface area (Å²) in [7, 11) is 0. The Bertz CT molecular complexity index is 623. The van der Waals surface area contributed by atoms with Crippen molar-refractivity contribution < 1.29 is 28.6 Å². The summed E-state index contributed by atoms with van der Waals surface area (Å²) in [6.07, 6.45) is 1.70. The summed E-state index contributed by atoms with van der Waals surface area (Å²) in [6, 6.07) is -0.699. The van der Waals surface area contributed by atoms with Gasteiger partial charge in [-0.05, 0) is 20.8 Å². The highest BCUT2D eigenvalue weighted by atomic mass is 16.6. The van der Waals surface area contributed by atoms with Crippen LogP contribution in [0.5, 0.6) is 0 Å². The molecule has 2 aliphatic heterocycles. The van der Waals surface area contributed by atoms with Crippen LogP contribution in [-0.4, -0.2) is 66.0 Å². The molecule has 1 fully saturated rings. The Morgan fingerprint density at radius 1 is 1.12 bits per heavy atom. The maximum Gasteiger partial charge on any atom is 0.430 e. The SMILES string of the molecule is C=CC1=C(C=C)C(=O)N(N(C(=O)OC(C)(C)C)C2COCCOC2)C1=O. The number of hydrogen-bond donors (Lipinski definition) is 0. The minimum Gasteiger partial charge on any atom is -0.442 e. The monoisotopic (exact) mass is 364 g/mol. The number of hydrogen-bond acceptors (Lipinski definition) is 6. The van der Waals surface area contributed by atoms with Gasteiger partial charge in [-0.25, -0.2) is 9.80 Å². The Morgan fingerprint density at radius 3 is 1.96 bits per heavy atom. The second-order valence-electron chi connectivity index (χ2n) is 6.79. The lowest BCUT2D eigenvalue weighted by Gasteiger charge is -2.36. The molecule has 0 spiro atoms. The Labute approximate surface area is 152 Å². The zero-order valence-electron chi connectivity index (χ0n) is 15.3. The topological polar surface area (TPSA) is 85.4 Å². The van der Waals surface area contributed by atoms with E-state index in [1.807, 2.05) is 0 Å². The number of rotatable bonds is 4. The lowest BCUT2D eigenvalue weighted by molar-refractivity contribution is -0.161. The van der Waals surface area contributed by atoms with Gasteiger partial charge in [-0.15, -0.1) is 0 Å². The van der Waals surface area contributed by atoms with Crippen LogP contribution in [0.3, 0.4) is 0 Å². The number of carbonyl (C=O) groups excluding carboxylic acids is 3. The van der Waals surface area contributed by atoms with Gasteiger partial charge >= 0.3 is 6.09 Å². The molecular formula is C18H24N2O6. The zero-order valence-corrected chi connectivity index (χ0v) is 15.3. The van der Waals surface area contributed by atoms with E-state index in [1.165, 1.54) is 12.2 Å². The first kappa shape index (κ1) is 19.9. The van der Waals surface area contributed by atoms with Gasteiger partial charge in [0.2, 0.25) is 0 Å². The summed E-state index contributed by atoms with van der Waals surface area (Å²) in [5.74, 6) is -1.34. The summed E-state index contributed by atoms with van der Waals surface area (Å²) in [6.45, 7) is 13.1. The van der Waals surface area contributed by atoms with Crippen molar-refractivity contribution in [2.75, 3.05) is 26.4 Å². The lowest BCUT2D eigenvalue weighted by atomic mass is 10.1. The van der Waals surface area contributed by atoms with Crippen LogP contribution in [0, 0.1) is 0 Å². The van der Waals surface area contributed by atoms with Gasteiger partial charge in [-0.2, -0.15) is 5.01 Å². The summed E-state index contributed by atoms with van der Waals surface area (Å²) in [4.78, 5) is 38.3. The third-order valence-corrected chi connectivity index (χ3v) is 3.68. The van der Waals surface area contributed by atoms with Crippen molar-refractivity contribution >= 4 is 17.9 Å². The van der Waals surface area contributed by atoms with E-state index in [0.717, 1.165) is 10.0 Å². The quantitative estimate of drug-likeness (QED) is 0.704. The molecule has 0 aromatic rings. The van der Waals surface area contributed by atoms with Crippen LogP contribution >= 0.6 is 0 Å². The van der Waals surface area contributed by atoms with Crippen LogP contribution in [0.15, 0.2) is 36.5 Å². The number of hydrazine groups is 1. The number of imide groups is 1. The number of nitrogens with zero attached hydrogens (tertiary/aromatic N) is 2. The second kappa shape index (κ2) is 7.84. The second-order valence-corrected chi connectivity index (χ2v) is 6.79. The van der Waals surface area contributed by atoms with Crippen LogP contribution in [-0.2, 0) is 23.8 Å². The van der Waals surface area contributed by atoms with E-state index in [9.17, 15) is 14.4 Å². The molecular weight excluding hydrogens is 340 g/mol. The standard InChI is InChI=1S/C18H24N2O6/c1-6-13-14(7-2)16(22)20(15(13)21)19(17(23)26-18(3,4)5)12-10-24-8-9-25-11-12/h6-7,12H,1-2,8-11H2,3-5H3. The highest BCUT2D eigenvalue weighted by molar-refractivity contribution is 6.22. The van der Waals surface area contributed by atoms with Crippen LogP contribution in [0.25, 0.3) is 0 Å². The van der Waals surface area contributed by atoms with Crippen molar-refractivity contribution in [1.82, 2.24) is 10.0 Å².